The first-order valence-corrected chi connectivity index (χ1v) is 9.42. The zero-order valence-electron chi connectivity index (χ0n) is 14.4. The summed E-state index contributed by atoms with van der Waals surface area (Å²) < 4.78 is 66.9. The third-order valence-corrected chi connectivity index (χ3v) is 5.21. The molecule has 0 aliphatic rings. The Morgan fingerprint density at radius 2 is 1.59 bits per heavy atom. The van der Waals surface area contributed by atoms with E-state index in [0.29, 0.717) is 11.6 Å². The largest absolute Gasteiger partial charge is 0.478 e. The Morgan fingerprint density at radius 1 is 0.966 bits per heavy atom. The number of hydrogen-bond acceptors (Lipinski definition) is 5. The summed E-state index contributed by atoms with van der Waals surface area (Å²) in [5.74, 6) is -1.45. The molecular formula is C18H12F3N3O4S. The highest BCUT2D eigenvalue weighted by molar-refractivity contribution is 7.92. The number of sulfonamides is 1. The predicted octanol–water partition coefficient (Wildman–Crippen LogP) is 3.66. The Labute approximate surface area is 162 Å². The number of benzene rings is 2. The molecule has 1 aromatic heterocycles. The molecule has 2 aromatic carbocycles. The van der Waals surface area contributed by atoms with E-state index in [1.165, 1.54) is 42.7 Å². The molecule has 0 spiro atoms. The molecule has 0 unspecified atom stereocenters. The van der Waals surface area contributed by atoms with Gasteiger partial charge in [-0.15, -0.1) is 0 Å². The van der Waals surface area contributed by atoms with Crippen molar-refractivity contribution in [2.75, 3.05) is 4.72 Å². The Morgan fingerprint density at radius 3 is 2.21 bits per heavy atom. The first-order chi connectivity index (χ1) is 13.6. The number of nitrogens with zero attached hydrogens (tertiary/aromatic N) is 2. The Hall–Kier alpha value is -3.47. The Balaban J connectivity index is 2.03. The first kappa shape index (κ1) is 20.3. The lowest BCUT2D eigenvalue weighted by Crippen LogP contribution is -2.20. The summed E-state index contributed by atoms with van der Waals surface area (Å²) in [6.07, 6.45) is -2.44. The summed E-state index contributed by atoms with van der Waals surface area (Å²) in [7, 11) is -4.65. The van der Waals surface area contributed by atoms with E-state index in [9.17, 15) is 26.4 Å². The highest BCUT2D eigenvalue weighted by Gasteiger charge is 2.37. The van der Waals surface area contributed by atoms with Crippen molar-refractivity contribution in [1.82, 2.24) is 9.97 Å². The van der Waals surface area contributed by atoms with Gasteiger partial charge in [-0.2, -0.15) is 13.2 Å². The molecule has 0 saturated carbocycles. The lowest BCUT2D eigenvalue weighted by Gasteiger charge is -2.15. The van der Waals surface area contributed by atoms with Crippen LogP contribution in [0.15, 0.2) is 65.8 Å². The van der Waals surface area contributed by atoms with Crippen molar-refractivity contribution in [3.8, 4) is 11.3 Å². The molecule has 29 heavy (non-hydrogen) atoms. The second-order valence-electron chi connectivity index (χ2n) is 5.74. The van der Waals surface area contributed by atoms with Gasteiger partial charge in [0.05, 0.1) is 16.0 Å². The number of alkyl halides is 3. The lowest BCUT2D eigenvalue weighted by molar-refractivity contribution is -0.139. The zero-order valence-corrected chi connectivity index (χ0v) is 15.2. The Kier molecular flexibility index (Phi) is 5.25. The van der Waals surface area contributed by atoms with Crippen LogP contribution >= 0.6 is 0 Å². The number of rotatable bonds is 5. The van der Waals surface area contributed by atoms with Crippen molar-refractivity contribution in [2.24, 2.45) is 0 Å². The van der Waals surface area contributed by atoms with Gasteiger partial charge in [0, 0.05) is 18.0 Å². The SMILES string of the molecule is O=C(O)c1ccc(-c2nccnc2NS(=O)(=O)c2ccccc2C(F)(F)F)cc1. The van der Waals surface area contributed by atoms with Crippen LogP contribution in [0, 0.1) is 0 Å². The molecule has 0 aliphatic carbocycles. The average Bonchev–Trinajstić information content (AvgIpc) is 2.67. The van der Waals surface area contributed by atoms with Crippen molar-refractivity contribution in [2.45, 2.75) is 11.1 Å². The van der Waals surface area contributed by atoms with E-state index >= 15 is 0 Å². The molecular weight excluding hydrogens is 411 g/mol. The molecule has 11 heteroatoms. The highest BCUT2D eigenvalue weighted by Crippen LogP contribution is 2.35. The standard InChI is InChI=1S/C18H12F3N3O4S/c19-18(20,21)13-3-1-2-4-14(13)29(27,28)24-16-15(22-9-10-23-16)11-5-7-12(8-6-11)17(25)26/h1-10H,(H,23,24)(H,25,26). The first-order valence-electron chi connectivity index (χ1n) is 7.93. The fourth-order valence-electron chi connectivity index (χ4n) is 2.51. The van der Waals surface area contributed by atoms with Crippen molar-refractivity contribution < 1.29 is 31.5 Å². The van der Waals surface area contributed by atoms with Crippen LogP contribution in [-0.2, 0) is 16.2 Å². The van der Waals surface area contributed by atoms with Gasteiger partial charge in [-0.05, 0) is 24.3 Å². The number of anilines is 1. The van der Waals surface area contributed by atoms with Crippen LogP contribution in [-0.4, -0.2) is 29.5 Å². The van der Waals surface area contributed by atoms with E-state index < -0.39 is 32.6 Å². The maximum atomic E-state index is 13.2. The van der Waals surface area contributed by atoms with E-state index in [1.54, 1.807) is 0 Å². The third kappa shape index (κ3) is 4.35. The average molecular weight is 423 g/mol. The topological polar surface area (TPSA) is 109 Å². The molecule has 0 saturated heterocycles. The maximum absolute atomic E-state index is 13.2. The summed E-state index contributed by atoms with van der Waals surface area (Å²) in [6, 6.07) is 9.09. The Bertz CT molecular complexity index is 1160. The quantitative estimate of drug-likeness (QED) is 0.648. The number of carboxylic acid groups (broad SMARTS) is 1. The molecule has 0 aliphatic heterocycles. The van der Waals surface area contributed by atoms with Gasteiger partial charge in [0.1, 0.15) is 5.69 Å². The monoisotopic (exact) mass is 423 g/mol. The fraction of sp³-hybridized carbons (Fsp3) is 0.0556. The molecule has 7 nitrogen and oxygen atoms in total. The summed E-state index contributed by atoms with van der Waals surface area (Å²) in [4.78, 5) is 17.9. The molecule has 0 radical (unpaired) electrons. The predicted molar refractivity (Wildman–Crippen MR) is 96.7 cm³/mol. The summed E-state index contributed by atoms with van der Waals surface area (Å²) >= 11 is 0. The molecule has 0 amide bonds. The lowest BCUT2D eigenvalue weighted by atomic mass is 10.1. The van der Waals surface area contributed by atoms with Gasteiger partial charge in [-0.25, -0.2) is 18.2 Å². The molecule has 3 aromatic rings. The van der Waals surface area contributed by atoms with Crippen LogP contribution in [0.25, 0.3) is 11.3 Å². The number of halogens is 3. The van der Waals surface area contributed by atoms with Gasteiger partial charge >= 0.3 is 12.1 Å². The smallest absolute Gasteiger partial charge is 0.417 e. The maximum Gasteiger partial charge on any atom is 0.417 e. The van der Waals surface area contributed by atoms with Crippen LogP contribution in [0.1, 0.15) is 15.9 Å². The molecule has 0 atom stereocenters. The summed E-state index contributed by atoms with van der Waals surface area (Å²) in [5.41, 5.74) is -0.968. The third-order valence-electron chi connectivity index (χ3n) is 3.82. The molecule has 0 bridgehead atoms. The van der Waals surface area contributed by atoms with Crippen molar-refractivity contribution >= 4 is 21.8 Å². The minimum absolute atomic E-state index is 0.00104. The van der Waals surface area contributed by atoms with Gasteiger partial charge in [-0.1, -0.05) is 24.3 Å². The molecule has 150 valence electrons. The van der Waals surface area contributed by atoms with Crippen molar-refractivity contribution in [1.29, 1.82) is 0 Å². The van der Waals surface area contributed by atoms with E-state index in [0.717, 1.165) is 12.1 Å². The number of carboxylic acids is 1. The van der Waals surface area contributed by atoms with Gasteiger partial charge in [0.25, 0.3) is 10.0 Å². The molecule has 3 rings (SSSR count). The highest BCUT2D eigenvalue weighted by atomic mass is 32.2. The van der Waals surface area contributed by atoms with Crippen LogP contribution < -0.4 is 4.72 Å². The van der Waals surface area contributed by atoms with Gasteiger partial charge in [0.2, 0.25) is 0 Å². The van der Waals surface area contributed by atoms with Gasteiger partial charge in [0.15, 0.2) is 5.82 Å². The van der Waals surface area contributed by atoms with Crippen molar-refractivity contribution in [3.05, 3.63) is 72.1 Å². The molecule has 0 fully saturated rings. The molecule has 2 N–H and O–H groups in total. The zero-order chi connectivity index (χ0) is 21.2. The molecule has 1 heterocycles. The van der Waals surface area contributed by atoms with Crippen LogP contribution in [0.4, 0.5) is 19.0 Å². The van der Waals surface area contributed by atoms with Gasteiger partial charge < -0.3 is 5.11 Å². The van der Waals surface area contributed by atoms with E-state index in [-0.39, 0.29) is 17.1 Å². The number of hydrogen-bond donors (Lipinski definition) is 2. The number of nitrogens with one attached hydrogen (secondary N) is 1. The van der Waals surface area contributed by atoms with Crippen LogP contribution in [0.2, 0.25) is 0 Å². The summed E-state index contributed by atoms with van der Waals surface area (Å²) in [5, 5.41) is 8.96. The minimum Gasteiger partial charge on any atom is -0.478 e. The fourth-order valence-corrected chi connectivity index (χ4v) is 3.76. The van der Waals surface area contributed by atoms with Crippen LogP contribution in [0.3, 0.4) is 0 Å². The normalized spacial score (nSPS) is 11.8. The van der Waals surface area contributed by atoms with Crippen molar-refractivity contribution in [3.63, 3.8) is 0 Å². The second kappa shape index (κ2) is 7.51. The van der Waals surface area contributed by atoms with E-state index in [1.807, 2.05) is 4.72 Å². The number of carbonyl (C=O) groups is 1. The summed E-state index contributed by atoms with van der Waals surface area (Å²) in [6.45, 7) is 0. The van der Waals surface area contributed by atoms with E-state index in [2.05, 4.69) is 9.97 Å². The number of aromatic carboxylic acids is 1. The van der Waals surface area contributed by atoms with Crippen LogP contribution in [0.5, 0.6) is 0 Å². The van der Waals surface area contributed by atoms with E-state index in [4.69, 9.17) is 5.11 Å². The minimum atomic E-state index is -4.87. The van der Waals surface area contributed by atoms with Gasteiger partial charge in [-0.3, -0.25) is 9.71 Å². The number of aromatic nitrogens is 2. The second-order valence-corrected chi connectivity index (χ2v) is 7.39.